The molecule has 1 aliphatic heterocycles. The normalized spacial score (nSPS) is 30.2. The molecule has 3 atom stereocenters. The zero-order valence-electron chi connectivity index (χ0n) is 9.53. The average molecular weight is 261 g/mol. The molecule has 6 N–H and O–H groups in total. The number of rotatable bonds is 6. The van der Waals surface area contributed by atoms with Gasteiger partial charge in [-0.1, -0.05) is 0 Å². The van der Waals surface area contributed by atoms with Crippen LogP contribution in [0, 0.1) is 0 Å². The first-order chi connectivity index (χ1) is 8.15. The maximum atomic E-state index is 9.51. The second-order valence-corrected chi connectivity index (χ2v) is 4.82. The van der Waals surface area contributed by atoms with Crippen molar-refractivity contribution in [1.82, 2.24) is 0 Å². The molecule has 0 aliphatic carbocycles. The SMILES string of the molecule is N/C=C\C(N)=NCCSC[C@@H]1OC[C@@H](O)[C@H]1O. The van der Waals surface area contributed by atoms with E-state index >= 15 is 0 Å². The second-order valence-electron chi connectivity index (χ2n) is 3.67. The number of aliphatic hydroxyl groups is 2. The number of aliphatic hydroxyl groups excluding tert-OH is 2. The van der Waals surface area contributed by atoms with Crippen LogP contribution in [0.3, 0.4) is 0 Å². The highest BCUT2D eigenvalue weighted by atomic mass is 32.2. The first-order valence-corrected chi connectivity index (χ1v) is 6.54. The van der Waals surface area contributed by atoms with Gasteiger partial charge in [0.25, 0.3) is 0 Å². The number of thioether (sulfide) groups is 1. The Balaban J connectivity index is 2.11. The molecule has 7 heteroatoms. The van der Waals surface area contributed by atoms with Crippen LogP contribution in [0.4, 0.5) is 0 Å². The third kappa shape index (κ3) is 4.95. The fraction of sp³-hybridized carbons (Fsp3) is 0.700. The van der Waals surface area contributed by atoms with Crippen LogP contribution < -0.4 is 11.5 Å². The molecule has 1 fully saturated rings. The van der Waals surface area contributed by atoms with Gasteiger partial charge in [0.15, 0.2) is 0 Å². The Morgan fingerprint density at radius 2 is 2.29 bits per heavy atom. The van der Waals surface area contributed by atoms with E-state index in [2.05, 4.69) is 4.99 Å². The van der Waals surface area contributed by atoms with E-state index in [1.54, 1.807) is 11.8 Å². The quantitative estimate of drug-likeness (QED) is 0.268. The molecule has 0 saturated carbocycles. The lowest BCUT2D eigenvalue weighted by atomic mass is 10.2. The predicted molar refractivity (Wildman–Crippen MR) is 68.9 cm³/mol. The van der Waals surface area contributed by atoms with Gasteiger partial charge >= 0.3 is 0 Å². The van der Waals surface area contributed by atoms with E-state index in [0.717, 1.165) is 5.75 Å². The highest BCUT2D eigenvalue weighted by Crippen LogP contribution is 2.18. The van der Waals surface area contributed by atoms with E-state index in [9.17, 15) is 10.2 Å². The lowest BCUT2D eigenvalue weighted by Gasteiger charge is -2.13. The van der Waals surface area contributed by atoms with Crippen LogP contribution in [-0.2, 0) is 4.74 Å². The maximum absolute atomic E-state index is 9.51. The topological polar surface area (TPSA) is 114 Å². The van der Waals surface area contributed by atoms with E-state index < -0.39 is 12.2 Å². The molecule has 1 saturated heterocycles. The van der Waals surface area contributed by atoms with Crippen LogP contribution in [0.5, 0.6) is 0 Å². The van der Waals surface area contributed by atoms with Crippen LogP contribution >= 0.6 is 11.8 Å². The molecule has 6 nitrogen and oxygen atoms in total. The number of aliphatic imine (C=N–C) groups is 1. The third-order valence-corrected chi connectivity index (χ3v) is 3.37. The average Bonchev–Trinajstić information content (AvgIpc) is 2.60. The highest BCUT2D eigenvalue weighted by molar-refractivity contribution is 7.99. The van der Waals surface area contributed by atoms with Gasteiger partial charge < -0.3 is 26.4 Å². The zero-order valence-corrected chi connectivity index (χ0v) is 10.3. The molecule has 0 radical (unpaired) electrons. The Bertz CT molecular complexity index is 286. The number of hydrogen-bond acceptors (Lipinski definition) is 6. The number of amidine groups is 1. The molecule has 0 amide bonds. The van der Waals surface area contributed by atoms with Gasteiger partial charge in [-0.15, -0.1) is 0 Å². The molecule has 17 heavy (non-hydrogen) atoms. The summed E-state index contributed by atoms with van der Waals surface area (Å²) >= 11 is 1.60. The first kappa shape index (κ1) is 14.3. The summed E-state index contributed by atoms with van der Waals surface area (Å²) in [6.07, 6.45) is 1.04. The molecular formula is C10H19N3O3S. The number of ether oxygens (including phenoxy) is 1. The molecule has 0 aromatic heterocycles. The second kappa shape index (κ2) is 7.54. The lowest BCUT2D eigenvalue weighted by molar-refractivity contribution is 0.0337. The van der Waals surface area contributed by atoms with Crippen molar-refractivity contribution < 1.29 is 14.9 Å². The summed E-state index contributed by atoms with van der Waals surface area (Å²) in [7, 11) is 0. The van der Waals surface area contributed by atoms with Crippen LogP contribution in [0.15, 0.2) is 17.3 Å². The van der Waals surface area contributed by atoms with Crippen molar-refractivity contribution >= 4 is 17.6 Å². The Morgan fingerprint density at radius 1 is 1.53 bits per heavy atom. The Labute approximate surface area is 105 Å². The van der Waals surface area contributed by atoms with Gasteiger partial charge in [0.2, 0.25) is 0 Å². The van der Waals surface area contributed by atoms with Gasteiger partial charge in [0, 0.05) is 11.5 Å². The van der Waals surface area contributed by atoms with Crippen molar-refractivity contribution in [2.45, 2.75) is 18.3 Å². The summed E-state index contributed by atoms with van der Waals surface area (Å²) in [5, 5.41) is 18.8. The predicted octanol–water partition coefficient (Wildman–Crippen LogP) is -1.33. The van der Waals surface area contributed by atoms with Crippen LogP contribution in [0.1, 0.15) is 0 Å². The molecule has 98 valence electrons. The standard InChI is InChI=1S/C10H19N3O3S/c11-2-1-9(12)13-3-4-17-6-8-10(15)7(14)5-16-8/h1-2,7-8,10,14-15H,3-6,11H2,(H2,12,13)/b2-1-/t7-,8+,10-/m1/s1. The zero-order chi connectivity index (χ0) is 12.7. The van der Waals surface area contributed by atoms with Crippen molar-refractivity contribution in [1.29, 1.82) is 0 Å². The molecule has 0 aromatic carbocycles. The first-order valence-electron chi connectivity index (χ1n) is 5.39. The molecule has 1 rings (SSSR count). The van der Waals surface area contributed by atoms with Crippen molar-refractivity contribution in [2.75, 3.05) is 24.7 Å². The summed E-state index contributed by atoms with van der Waals surface area (Å²) in [6, 6.07) is 0. The van der Waals surface area contributed by atoms with E-state index in [4.69, 9.17) is 16.2 Å². The van der Waals surface area contributed by atoms with Crippen molar-refractivity contribution in [3.8, 4) is 0 Å². The fourth-order valence-electron chi connectivity index (χ4n) is 1.40. The molecule has 1 aliphatic rings. The molecule has 0 aromatic rings. The van der Waals surface area contributed by atoms with Gasteiger partial charge in [0.05, 0.1) is 19.3 Å². The minimum atomic E-state index is -0.781. The Hall–Kier alpha value is -0.760. The minimum Gasteiger partial charge on any atom is -0.404 e. The summed E-state index contributed by atoms with van der Waals surface area (Å²) < 4.78 is 5.23. The maximum Gasteiger partial charge on any atom is 0.119 e. The molecule has 0 spiro atoms. The Kier molecular flexibility index (Phi) is 6.35. The minimum absolute atomic E-state index is 0.207. The summed E-state index contributed by atoms with van der Waals surface area (Å²) in [6.45, 7) is 0.797. The smallest absolute Gasteiger partial charge is 0.119 e. The van der Waals surface area contributed by atoms with Crippen LogP contribution in [0.25, 0.3) is 0 Å². The van der Waals surface area contributed by atoms with Crippen molar-refractivity contribution in [3.05, 3.63) is 12.3 Å². The summed E-state index contributed by atoms with van der Waals surface area (Å²) in [4.78, 5) is 4.07. The molecule has 1 heterocycles. The van der Waals surface area contributed by atoms with E-state index in [-0.39, 0.29) is 12.7 Å². The van der Waals surface area contributed by atoms with Crippen molar-refractivity contribution in [2.24, 2.45) is 16.5 Å². The van der Waals surface area contributed by atoms with E-state index in [1.165, 1.54) is 12.3 Å². The van der Waals surface area contributed by atoms with Gasteiger partial charge in [-0.2, -0.15) is 11.8 Å². The largest absolute Gasteiger partial charge is 0.404 e. The van der Waals surface area contributed by atoms with E-state index in [1.807, 2.05) is 0 Å². The van der Waals surface area contributed by atoms with Gasteiger partial charge in [0.1, 0.15) is 18.0 Å². The molecule has 0 unspecified atom stereocenters. The fourth-order valence-corrected chi connectivity index (χ4v) is 2.32. The monoisotopic (exact) mass is 261 g/mol. The third-order valence-electron chi connectivity index (χ3n) is 2.34. The number of nitrogens with zero attached hydrogens (tertiary/aromatic N) is 1. The lowest BCUT2D eigenvalue weighted by Crippen LogP contribution is -2.31. The van der Waals surface area contributed by atoms with Gasteiger partial charge in [-0.25, -0.2) is 0 Å². The number of nitrogens with two attached hydrogens (primary N) is 2. The van der Waals surface area contributed by atoms with Gasteiger partial charge in [-0.3, -0.25) is 4.99 Å². The van der Waals surface area contributed by atoms with Crippen LogP contribution in [0.2, 0.25) is 0 Å². The highest BCUT2D eigenvalue weighted by Gasteiger charge is 2.33. The molecular weight excluding hydrogens is 242 g/mol. The van der Waals surface area contributed by atoms with E-state index in [0.29, 0.717) is 18.1 Å². The van der Waals surface area contributed by atoms with Crippen molar-refractivity contribution in [3.63, 3.8) is 0 Å². The summed E-state index contributed by atoms with van der Waals surface area (Å²) in [5.41, 5.74) is 10.7. The van der Waals surface area contributed by atoms with Crippen LogP contribution in [-0.4, -0.2) is 59.0 Å². The Morgan fingerprint density at radius 3 is 2.88 bits per heavy atom. The summed E-state index contributed by atoms with van der Waals surface area (Å²) in [5.74, 6) is 1.82. The molecule has 0 bridgehead atoms. The number of hydrogen-bond donors (Lipinski definition) is 4. The van der Waals surface area contributed by atoms with Gasteiger partial charge in [-0.05, 0) is 12.3 Å².